The second kappa shape index (κ2) is 10.0. The molecule has 0 radical (unpaired) electrons. The summed E-state index contributed by atoms with van der Waals surface area (Å²) in [6, 6.07) is 15.4. The maximum Gasteiger partial charge on any atom is 0.315 e. The van der Waals surface area contributed by atoms with Crippen LogP contribution in [-0.2, 0) is 20.7 Å². The lowest BCUT2D eigenvalue weighted by Crippen LogP contribution is -2.37. The van der Waals surface area contributed by atoms with Crippen LogP contribution in [0.15, 0.2) is 64.8 Å². The third-order valence-corrected chi connectivity index (χ3v) is 6.33. The molecule has 0 amide bonds. The van der Waals surface area contributed by atoms with Crippen LogP contribution in [0, 0.1) is 5.92 Å². The van der Waals surface area contributed by atoms with Crippen molar-refractivity contribution in [3.63, 3.8) is 0 Å². The van der Waals surface area contributed by atoms with Gasteiger partial charge in [0, 0.05) is 35.7 Å². The predicted octanol–water partition coefficient (Wildman–Crippen LogP) is 4.67. The monoisotopic (exact) mass is 447 g/mol. The fraction of sp³-hybridized carbons (Fsp3) is 0.370. The van der Waals surface area contributed by atoms with Crippen molar-refractivity contribution < 1.29 is 23.8 Å². The number of allylic oxidation sites excluding steroid dienone is 2. The molecule has 0 N–H and O–H groups in total. The van der Waals surface area contributed by atoms with E-state index in [0.717, 1.165) is 29.7 Å². The fourth-order valence-electron chi connectivity index (χ4n) is 4.72. The number of carbonyl (C=O) groups is 2. The van der Waals surface area contributed by atoms with E-state index < -0.39 is 11.8 Å². The molecule has 2 atom stereocenters. The number of methoxy groups -OCH3 is 2. The van der Waals surface area contributed by atoms with Crippen LogP contribution in [0.25, 0.3) is 0 Å². The minimum Gasteiger partial charge on any atom is -0.493 e. The van der Waals surface area contributed by atoms with Gasteiger partial charge in [0.1, 0.15) is 5.92 Å². The van der Waals surface area contributed by atoms with Gasteiger partial charge in [-0.05, 0) is 43.0 Å². The van der Waals surface area contributed by atoms with Crippen molar-refractivity contribution in [3.8, 4) is 11.5 Å². The summed E-state index contributed by atoms with van der Waals surface area (Å²) in [4.78, 5) is 31.1. The van der Waals surface area contributed by atoms with E-state index in [2.05, 4.69) is 0 Å². The largest absolute Gasteiger partial charge is 0.493 e. The normalized spacial score (nSPS) is 20.1. The molecule has 0 aromatic heterocycles. The summed E-state index contributed by atoms with van der Waals surface area (Å²) < 4.78 is 16.6. The lowest BCUT2D eigenvalue weighted by molar-refractivity contribution is -0.146. The van der Waals surface area contributed by atoms with Gasteiger partial charge in [-0.2, -0.15) is 0 Å². The van der Waals surface area contributed by atoms with Gasteiger partial charge in [-0.3, -0.25) is 14.6 Å². The average Bonchev–Trinajstić information content (AvgIpc) is 2.83. The molecule has 4 rings (SSSR count). The molecular formula is C27H29NO5. The highest BCUT2D eigenvalue weighted by Gasteiger charge is 2.43. The van der Waals surface area contributed by atoms with Gasteiger partial charge >= 0.3 is 5.97 Å². The highest BCUT2D eigenvalue weighted by Crippen LogP contribution is 2.45. The first-order valence-corrected chi connectivity index (χ1v) is 11.3. The standard InChI is InChI=1S/C27H29NO5/c1-17-24(27(30)33-15-14-18-8-5-4-6-9-18)25(26-20(28-17)10-7-11-21(26)29)19-12-13-22(31-2)23(16-19)32-3/h4-6,8-9,12-13,16,24-25H,7,10-11,14-15H2,1-3H3/t24?,25-/m1/s1. The molecule has 1 aliphatic heterocycles. The van der Waals surface area contributed by atoms with E-state index in [1.165, 1.54) is 0 Å². The van der Waals surface area contributed by atoms with Gasteiger partial charge in [-0.25, -0.2) is 0 Å². The molecule has 0 spiro atoms. The molecule has 1 aliphatic carbocycles. The smallest absolute Gasteiger partial charge is 0.315 e. The molecule has 172 valence electrons. The Hall–Kier alpha value is -3.41. The van der Waals surface area contributed by atoms with Crippen molar-refractivity contribution in [2.24, 2.45) is 10.9 Å². The Morgan fingerprint density at radius 3 is 2.52 bits per heavy atom. The Kier molecular flexibility index (Phi) is 6.92. The SMILES string of the molecule is COc1ccc([C@H]2C3=C(CCCC3=O)N=C(C)C2C(=O)OCCc2ccccc2)cc1OC. The second-order valence-corrected chi connectivity index (χ2v) is 8.36. The summed E-state index contributed by atoms with van der Waals surface area (Å²) >= 11 is 0. The van der Waals surface area contributed by atoms with Crippen molar-refractivity contribution in [2.75, 3.05) is 20.8 Å². The van der Waals surface area contributed by atoms with Crippen LogP contribution in [-0.4, -0.2) is 38.3 Å². The molecule has 2 aromatic carbocycles. The lowest BCUT2D eigenvalue weighted by atomic mass is 9.71. The highest BCUT2D eigenvalue weighted by atomic mass is 16.5. The van der Waals surface area contributed by atoms with Gasteiger partial charge in [0.05, 0.1) is 20.8 Å². The summed E-state index contributed by atoms with van der Waals surface area (Å²) in [6.07, 6.45) is 2.60. The zero-order valence-corrected chi connectivity index (χ0v) is 19.3. The first-order valence-electron chi connectivity index (χ1n) is 11.3. The van der Waals surface area contributed by atoms with Crippen LogP contribution >= 0.6 is 0 Å². The molecule has 1 unspecified atom stereocenters. The molecule has 0 saturated carbocycles. The first-order chi connectivity index (χ1) is 16.0. The number of Topliss-reactive ketones (excluding diaryl/α,β-unsaturated/α-hetero) is 1. The first kappa shape index (κ1) is 22.8. The summed E-state index contributed by atoms with van der Waals surface area (Å²) in [5.74, 6) is -0.300. The third-order valence-electron chi connectivity index (χ3n) is 6.33. The number of benzene rings is 2. The average molecular weight is 448 g/mol. The van der Waals surface area contributed by atoms with Crippen LogP contribution in [0.3, 0.4) is 0 Å². The van der Waals surface area contributed by atoms with E-state index in [4.69, 9.17) is 19.2 Å². The van der Waals surface area contributed by atoms with E-state index in [1.807, 2.05) is 49.4 Å². The quantitative estimate of drug-likeness (QED) is 0.577. The van der Waals surface area contributed by atoms with E-state index in [1.54, 1.807) is 20.3 Å². The van der Waals surface area contributed by atoms with Crippen molar-refractivity contribution in [1.82, 2.24) is 0 Å². The maximum absolute atomic E-state index is 13.3. The molecule has 2 aliphatic rings. The van der Waals surface area contributed by atoms with E-state index in [0.29, 0.717) is 35.6 Å². The zero-order valence-electron chi connectivity index (χ0n) is 19.3. The van der Waals surface area contributed by atoms with Gasteiger partial charge in [-0.15, -0.1) is 0 Å². The van der Waals surface area contributed by atoms with Gasteiger partial charge in [0.25, 0.3) is 0 Å². The molecule has 2 aromatic rings. The summed E-state index contributed by atoms with van der Waals surface area (Å²) in [6.45, 7) is 2.12. The third kappa shape index (κ3) is 4.70. The van der Waals surface area contributed by atoms with E-state index in [9.17, 15) is 9.59 Å². The molecule has 6 nitrogen and oxygen atoms in total. The fourth-order valence-corrected chi connectivity index (χ4v) is 4.72. The lowest BCUT2D eigenvalue weighted by Gasteiger charge is -2.34. The zero-order chi connectivity index (χ0) is 23.4. The number of ketones is 1. The molecular weight excluding hydrogens is 418 g/mol. The molecule has 0 bridgehead atoms. The van der Waals surface area contributed by atoms with Crippen LogP contribution < -0.4 is 9.47 Å². The number of carbonyl (C=O) groups excluding carboxylic acids is 2. The Morgan fingerprint density at radius 2 is 1.79 bits per heavy atom. The number of aliphatic imine (C=N–C) groups is 1. The predicted molar refractivity (Wildman–Crippen MR) is 126 cm³/mol. The van der Waals surface area contributed by atoms with Gasteiger partial charge in [-0.1, -0.05) is 36.4 Å². The minimum absolute atomic E-state index is 0.0503. The number of hydrogen-bond acceptors (Lipinski definition) is 6. The van der Waals surface area contributed by atoms with Crippen molar-refractivity contribution >= 4 is 17.5 Å². The number of ether oxygens (including phenoxy) is 3. The molecule has 33 heavy (non-hydrogen) atoms. The summed E-state index contributed by atoms with van der Waals surface area (Å²) in [5, 5.41) is 0. The van der Waals surface area contributed by atoms with E-state index >= 15 is 0 Å². The molecule has 0 saturated heterocycles. The van der Waals surface area contributed by atoms with Crippen molar-refractivity contribution in [3.05, 3.63) is 70.9 Å². The Balaban J connectivity index is 1.67. The van der Waals surface area contributed by atoms with Crippen LogP contribution in [0.1, 0.15) is 43.2 Å². The molecule has 1 heterocycles. The van der Waals surface area contributed by atoms with Crippen LogP contribution in [0.5, 0.6) is 11.5 Å². The second-order valence-electron chi connectivity index (χ2n) is 8.36. The molecule has 0 fully saturated rings. The number of hydrogen-bond donors (Lipinski definition) is 0. The van der Waals surface area contributed by atoms with Crippen molar-refractivity contribution in [1.29, 1.82) is 0 Å². The van der Waals surface area contributed by atoms with Gasteiger partial charge < -0.3 is 14.2 Å². The number of rotatable bonds is 7. The number of nitrogens with zero attached hydrogens (tertiary/aromatic N) is 1. The minimum atomic E-state index is -0.667. The maximum atomic E-state index is 13.3. The van der Waals surface area contributed by atoms with Crippen LogP contribution in [0.4, 0.5) is 0 Å². The topological polar surface area (TPSA) is 74.2 Å². The van der Waals surface area contributed by atoms with Crippen molar-refractivity contribution in [2.45, 2.75) is 38.5 Å². The molecule has 6 heteroatoms. The Labute approximate surface area is 194 Å². The number of esters is 1. The summed E-state index contributed by atoms with van der Waals surface area (Å²) in [7, 11) is 3.15. The Bertz CT molecular complexity index is 1100. The highest BCUT2D eigenvalue weighted by molar-refractivity contribution is 6.08. The van der Waals surface area contributed by atoms with Gasteiger partial charge in [0.2, 0.25) is 0 Å². The Morgan fingerprint density at radius 1 is 1.03 bits per heavy atom. The van der Waals surface area contributed by atoms with E-state index in [-0.39, 0.29) is 18.4 Å². The summed E-state index contributed by atoms with van der Waals surface area (Å²) in [5.41, 5.74) is 4.01. The van der Waals surface area contributed by atoms with Gasteiger partial charge in [0.15, 0.2) is 17.3 Å². The van der Waals surface area contributed by atoms with Crippen LogP contribution in [0.2, 0.25) is 0 Å².